The van der Waals surface area contributed by atoms with Crippen LogP contribution in [-0.4, -0.2) is 45.4 Å². The Kier molecular flexibility index (Phi) is 3.31. The first-order valence-corrected chi connectivity index (χ1v) is 8.68. The van der Waals surface area contributed by atoms with E-state index in [1.54, 1.807) is 9.42 Å². The first-order chi connectivity index (χ1) is 12.7. The van der Waals surface area contributed by atoms with Gasteiger partial charge in [-0.05, 0) is 30.5 Å². The van der Waals surface area contributed by atoms with E-state index in [9.17, 15) is 4.79 Å². The van der Waals surface area contributed by atoms with Gasteiger partial charge in [-0.1, -0.05) is 12.1 Å². The zero-order valence-corrected chi connectivity index (χ0v) is 14.4. The molecule has 0 aliphatic carbocycles. The highest BCUT2D eigenvalue weighted by Gasteiger charge is 2.29. The van der Waals surface area contributed by atoms with Gasteiger partial charge in [0.1, 0.15) is 18.8 Å². The molecule has 1 aromatic carbocycles. The van der Waals surface area contributed by atoms with Crippen LogP contribution in [-0.2, 0) is 17.7 Å². The fourth-order valence-corrected chi connectivity index (χ4v) is 3.79. The largest absolute Gasteiger partial charge is 0.447 e. The normalized spacial score (nSPS) is 16.9. The summed E-state index contributed by atoms with van der Waals surface area (Å²) in [6.45, 7) is 4.63. The predicted molar refractivity (Wildman–Crippen MR) is 95.4 cm³/mol. The molecule has 132 valence electrons. The van der Waals surface area contributed by atoms with Crippen LogP contribution in [0.1, 0.15) is 16.8 Å². The molecule has 3 aromatic rings. The number of rotatable bonds is 2. The highest BCUT2D eigenvalue weighted by Crippen LogP contribution is 2.32. The first-order valence-electron chi connectivity index (χ1n) is 8.68. The molecule has 4 heterocycles. The second kappa shape index (κ2) is 5.69. The van der Waals surface area contributed by atoms with E-state index in [0.29, 0.717) is 18.9 Å². The molecule has 5 rings (SSSR count). The van der Waals surface area contributed by atoms with Crippen LogP contribution in [0.5, 0.6) is 0 Å². The number of amides is 1. The molecule has 1 amide bonds. The zero-order chi connectivity index (χ0) is 17.7. The van der Waals surface area contributed by atoms with Gasteiger partial charge in [0, 0.05) is 24.8 Å². The summed E-state index contributed by atoms with van der Waals surface area (Å²) in [6, 6.07) is 8.17. The van der Waals surface area contributed by atoms with Crippen LogP contribution < -0.4 is 9.80 Å². The van der Waals surface area contributed by atoms with Crippen LogP contribution in [0.15, 0.2) is 30.6 Å². The summed E-state index contributed by atoms with van der Waals surface area (Å²) in [7, 11) is 0. The average molecular weight is 350 g/mol. The molecule has 0 unspecified atom stereocenters. The highest BCUT2D eigenvalue weighted by atomic mass is 16.6. The Hall–Kier alpha value is -3.16. The summed E-state index contributed by atoms with van der Waals surface area (Å²) < 4.78 is 6.88. The lowest BCUT2D eigenvalue weighted by atomic mass is 9.97. The summed E-state index contributed by atoms with van der Waals surface area (Å²) >= 11 is 0. The molecule has 0 atom stereocenters. The maximum atomic E-state index is 12.0. The number of anilines is 2. The Bertz CT molecular complexity index is 1010. The Balaban J connectivity index is 1.53. The number of hydrogen-bond donors (Lipinski definition) is 0. The van der Waals surface area contributed by atoms with Gasteiger partial charge in [-0.2, -0.15) is 14.6 Å². The lowest BCUT2D eigenvalue weighted by Gasteiger charge is -2.32. The van der Waals surface area contributed by atoms with Crippen molar-refractivity contribution in [1.29, 1.82) is 0 Å². The zero-order valence-electron chi connectivity index (χ0n) is 14.4. The van der Waals surface area contributed by atoms with Crippen LogP contribution in [0.25, 0.3) is 5.78 Å². The van der Waals surface area contributed by atoms with E-state index in [2.05, 4.69) is 26.0 Å². The molecular formula is C18H18N6O2. The van der Waals surface area contributed by atoms with Crippen molar-refractivity contribution in [2.24, 2.45) is 0 Å². The number of carbonyl (C=O) groups excluding carboxylic acids is 1. The molecule has 8 nitrogen and oxygen atoms in total. The number of cyclic esters (lactones) is 1. The minimum Gasteiger partial charge on any atom is -0.447 e. The molecule has 1 fully saturated rings. The predicted octanol–water partition coefficient (Wildman–Crippen LogP) is 1.95. The minimum absolute atomic E-state index is 0.255. The Labute approximate surface area is 150 Å². The number of fused-ring (bicyclic) bond motifs is 2. The van der Waals surface area contributed by atoms with Crippen molar-refractivity contribution in [3.05, 3.63) is 47.4 Å². The summed E-state index contributed by atoms with van der Waals surface area (Å²) in [5.74, 6) is 1.60. The molecule has 2 aromatic heterocycles. The summed E-state index contributed by atoms with van der Waals surface area (Å²) in [5.41, 5.74) is 4.33. The molecule has 8 heteroatoms. The molecule has 0 N–H and O–H groups in total. The van der Waals surface area contributed by atoms with E-state index >= 15 is 0 Å². The second-order valence-corrected chi connectivity index (χ2v) is 6.58. The van der Waals surface area contributed by atoms with Crippen molar-refractivity contribution >= 4 is 23.4 Å². The number of ether oxygens (including phenoxy) is 1. The molecule has 0 saturated carbocycles. The number of nitrogens with zero attached hydrogens (tertiary/aromatic N) is 6. The monoisotopic (exact) mass is 350 g/mol. The van der Waals surface area contributed by atoms with Gasteiger partial charge in [-0.15, -0.1) is 0 Å². The van der Waals surface area contributed by atoms with Gasteiger partial charge in [0.15, 0.2) is 0 Å². The molecule has 1 saturated heterocycles. The standard InChI is InChI=1S/C18H18N6O2/c1-12-9-16(24-17(21-12)19-11-20-24)22-6-5-14-13(10-22)3-2-4-15(14)23-7-8-26-18(23)25/h2-4,9,11H,5-8,10H2,1H3. The maximum Gasteiger partial charge on any atom is 0.414 e. The maximum absolute atomic E-state index is 12.0. The molecule has 2 aliphatic rings. The van der Waals surface area contributed by atoms with E-state index in [1.165, 1.54) is 17.5 Å². The number of aromatic nitrogens is 4. The van der Waals surface area contributed by atoms with Crippen molar-refractivity contribution in [3.8, 4) is 0 Å². The Morgan fingerprint density at radius 2 is 2.15 bits per heavy atom. The Morgan fingerprint density at radius 3 is 3.00 bits per heavy atom. The first kappa shape index (κ1) is 15.1. The van der Waals surface area contributed by atoms with E-state index < -0.39 is 0 Å². The quantitative estimate of drug-likeness (QED) is 0.703. The van der Waals surface area contributed by atoms with Gasteiger partial charge in [0.2, 0.25) is 0 Å². The third kappa shape index (κ3) is 2.29. The SMILES string of the molecule is Cc1cc(N2CCc3c(cccc3N3CCOC3=O)C2)n2ncnc2n1. The summed E-state index contributed by atoms with van der Waals surface area (Å²) in [5, 5.41) is 4.31. The second-order valence-electron chi connectivity index (χ2n) is 6.58. The van der Waals surface area contributed by atoms with Crippen LogP contribution in [0.4, 0.5) is 16.3 Å². The van der Waals surface area contributed by atoms with Crippen LogP contribution in [0, 0.1) is 6.92 Å². The Morgan fingerprint density at radius 1 is 1.23 bits per heavy atom. The van der Waals surface area contributed by atoms with Gasteiger partial charge in [-0.25, -0.2) is 9.78 Å². The van der Waals surface area contributed by atoms with Crippen molar-refractivity contribution in [3.63, 3.8) is 0 Å². The third-order valence-electron chi connectivity index (χ3n) is 4.98. The molecule has 2 aliphatic heterocycles. The van der Waals surface area contributed by atoms with Crippen LogP contribution in [0.3, 0.4) is 0 Å². The fourth-order valence-electron chi connectivity index (χ4n) is 3.79. The molecule has 26 heavy (non-hydrogen) atoms. The molecular weight excluding hydrogens is 332 g/mol. The van der Waals surface area contributed by atoms with Crippen LogP contribution >= 0.6 is 0 Å². The highest BCUT2D eigenvalue weighted by molar-refractivity contribution is 5.90. The van der Waals surface area contributed by atoms with Gasteiger partial charge in [-0.3, -0.25) is 4.90 Å². The van der Waals surface area contributed by atoms with Crippen molar-refractivity contribution in [2.45, 2.75) is 19.9 Å². The fraction of sp³-hybridized carbons (Fsp3) is 0.333. The smallest absolute Gasteiger partial charge is 0.414 e. The van der Waals surface area contributed by atoms with Crippen molar-refractivity contribution in [1.82, 2.24) is 19.6 Å². The number of hydrogen-bond acceptors (Lipinski definition) is 6. The van der Waals surface area contributed by atoms with E-state index in [0.717, 1.165) is 36.7 Å². The van der Waals surface area contributed by atoms with E-state index in [-0.39, 0.29) is 6.09 Å². The lowest BCUT2D eigenvalue weighted by molar-refractivity contribution is 0.181. The van der Waals surface area contributed by atoms with E-state index in [1.807, 2.05) is 25.1 Å². The van der Waals surface area contributed by atoms with Crippen LogP contribution in [0.2, 0.25) is 0 Å². The van der Waals surface area contributed by atoms with E-state index in [4.69, 9.17) is 4.74 Å². The molecule has 0 radical (unpaired) electrons. The average Bonchev–Trinajstić information content (AvgIpc) is 3.28. The minimum atomic E-state index is -0.255. The van der Waals surface area contributed by atoms with Gasteiger partial charge in [0.05, 0.1) is 12.2 Å². The van der Waals surface area contributed by atoms with Gasteiger partial charge in [0.25, 0.3) is 5.78 Å². The summed E-state index contributed by atoms with van der Waals surface area (Å²) in [6.07, 6.45) is 2.13. The van der Waals surface area contributed by atoms with Crippen molar-refractivity contribution < 1.29 is 9.53 Å². The van der Waals surface area contributed by atoms with Gasteiger partial charge >= 0.3 is 6.09 Å². The number of benzene rings is 1. The molecule has 0 bridgehead atoms. The van der Waals surface area contributed by atoms with Crippen molar-refractivity contribution in [2.75, 3.05) is 29.5 Å². The number of aryl methyl sites for hydroxylation is 1. The summed E-state index contributed by atoms with van der Waals surface area (Å²) in [4.78, 5) is 24.6. The van der Waals surface area contributed by atoms with Gasteiger partial charge < -0.3 is 9.64 Å². The number of carbonyl (C=O) groups is 1. The molecule has 0 spiro atoms. The topological polar surface area (TPSA) is 75.9 Å². The third-order valence-corrected chi connectivity index (χ3v) is 4.98. The lowest BCUT2D eigenvalue weighted by Crippen LogP contribution is -2.34.